The number of methoxy groups -OCH3 is 1. The molecule has 0 amide bonds. The summed E-state index contributed by atoms with van der Waals surface area (Å²) >= 11 is 0. The third-order valence-electron chi connectivity index (χ3n) is 6.95. The highest BCUT2D eigenvalue weighted by atomic mass is 16.5. The van der Waals surface area contributed by atoms with E-state index in [1.807, 2.05) is 30.5 Å². The average Bonchev–Trinajstić information content (AvgIpc) is 3.06. The van der Waals surface area contributed by atoms with Crippen molar-refractivity contribution in [2.24, 2.45) is 10.8 Å². The zero-order valence-corrected chi connectivity index (χ0v) is 19.3. The second-order valence-corrected chi connectivity index (χ2v) is 10.4. The maximum atomic E-state index is 12.6. The fraction of sp³-hybridized carbons (Fsp3) is 0.520. The zero-order chi connectivity index (χ0) is 23.4. The first-order valence-corrected chi connectivity index (χ1v) is 10.9. The molecule has 1 aliphatic heterocycles. The Bertz CT molecular complexity index is 1130. The second kappa shape index (κ2) is 7.66. The van der Waals surface area contributed by atoms with Crippen molar-refractivity contribution in [1.29, 1.82) is 0 Å². The molecule has 1 aliphatic carbocycles. The van der Waals surface area contributed by atoms with Gasteiger partial charge in [-0.15, -0.1) is 0 Å². The molecule has 2 atom stereocenters. The number of hydrogen-bond acceptors (Lipinski definition) is 5. The van der Waals surface area contributed by atoms with Gasteiger partial charge in [-0.05, 0) is 36.0 Å². The molecule has 0 unspecified atom stereocenters. The maximum absolute atomic E-state index is 12.6. The van der Waals surface area contributed by atoms with Crippen LogP contribution in [0.25, 0.3) is 11.3 Å². The van der Waals surface area contributed by atoms with Crippen LogP contribution in [0.1, 0.15) is 68.4 Å². The highest BCUT2D eigenvalue weighted by Crippen LogP contribution is 2.59. The molecule has 0 saturated heterocycles. The van der Waals surface area contributed by atoms with Crippen LogP contribution in [0.2, 0.25) is 0 Å². The molecule has 2 heterocycles. The van der Waals surface area contributed by atoms with Gasteiger partial charge in [-0.2, -0.15) is 0 Å². The van der Waals surface area contributed by atoms with Crippen molar-refractivity contribution in [2.75, 3.05) is 20.3 Å². The number of hydrogen-bond donors (Lipinski definition) is 2. The van der Waals surface area contributed by atoms with Gasteiger partial charge in [-0.3, -0.25) is 4.79 Å². The van der Waals surface area contributed by atoms with Crippen LogP contribution in [0.3, 0.4) is 0 Å². The highest BCUT2D eigenvalue weighted by molar-refractivity contribution is 5.88. The Morgan fingerprint density at radius 3 is 2.59 bits per heavy atom. The molecule has 1 aromatic heterocycles. The van der Waals surface area contributed by atoms with Gasteiger partial charge < -0.3 is 24.3 Å². The minimum Gasteiger partial charge on any atom is -0.493 e. The minimum absolute atomic E-state index is 0.00134. The van der Waals surface area contributed by atoms with Gasteiger partial charge in [-0.1, -0.05) is 27.7 Å². The number of aliphatic hydroxyl groups excluding tert-OH is 1. The Kier molecular flexibility index (Phi) is 5.36. The number of rotatable bonds is 6. The molecular formula is C25H31NO6. The van der Waals surface area contributed by atoms with E-state index < -0.39 is 16.8 Å². The normalized spacial score (nSPS) is 20.8. The Morgan fingerprint density at radius 2 is 1.97 bits per heavy atom. The lowest BCUT2D eigenvalue weighted by molar-refractivity contribution is 0.0693. The van der Waals surface area contributed by atoms with E-state index in [1.54, 1.807) is 7.11 Å². The first-order valence-electron chi connectivity index (χ1n) is 10.9. The van der Waals surface area contributed by atoms with Crippen LogP contribution in [-0.2, 0) is 0 Å². The van der Waals surface area contributed by atoms with Gasteiger partial charge in [0, 0.05) is 35.2 Å². The van der Waals surface area contributed by atoms with Crippen molar-refractivity contribution in [3.05, 3.63) is 45.7 Å². The fourth-order valence-electron chi connectivity index (χ4n) is 5.13. The number of carboxylic acid groups (broad SMARTS) is 1. The standard InChI is InChI=1S/C25H31NO6/c1-24(2,12-27)13-32-21-8-15-14-6-7-25(3,4)22(14)26-11-17(23(29)30)19(28)10-18(26)16(15)9-20(21)31-5/h8-11,14,22,27H,6-7,12-13H2,1-5H3,(H,29,30)/t14-,22+/m1/s1. The van der Waals surface area contributed by atoms with E-state index in [0.717, 1.165) is 24.0 Å². The van der Waals surface area contributed by atoms with Crippen LogP contribution in [0, 0.1) is 10.8 Å². The summed E-state index contributed by atoms with van der Waals surface area (Å²) in [5, 5.41) is 19.1. The molecule has 7 nitrogen and oxygen atoms in total. The van der Waals surface area contributed by atoms with Crippen molar-refractivity contribution in [3.63, 3.8) is 0 Å². The van der Waals surface area contributed by atoms with Gasteiger partial charge in [-0.25, -0.2) is 4.79 Å². The number of carbonyl (C=O) groups is 1. The molecule has 1 fully saturated rings. The summed E-state index contributed by atoms with van der Waals surface area (Å²) in [6.07, 6.45) is 3.44. The average molecular weight is 442 g/mol. The van der Waals surface area contributed by atoms with Crippen LogP contribution in [0.15, 0.2) is 29.2 Å². The largest absolute Gasteiger partial charge is 0.493 e. The quantitative estimate of drug-likeness (QED) is 0.701. The Morgan fingerprint density at radius 1 is 1.25 bits per heavy atom. The van der Waals surface area contributed by atoms with E-state index in [2.05, 4.69) is 13.8 Å². The first kappa shape index (κ1) is 22.4. The number of ether oxygens (including phenoxy) is 2. The summed E-state index contributed by atoms with van der Waals surface area (Å²) in [4.78, 5) is 24.3. The van der Waals surface area contributed by atoms with Crippen LogP contribution in [-0.4, -0.2) is 41.1 Å². The number of benzene rings is 1. The molecular weight excluding hydrogens is 410 g/mol. The topological polar surface area (TPSA) is 98.0 Å². The van der Waals surface area contributed by atoms with Gasteiger partial charge in [0.05, 0.1) is 26.0 Å². The maximum Gasteiger partial charge on any atom is 0.341 e. The number of fused-ring (bicyclic) bond motifs is 6. The number of aliphatic hydroxyl groups is 1. The van der Waals surface area contributed by atoms with E-state index in [1.165, 1.54) is 12.3 Å². The molecule has 172 valence electrons. The third-order valence-corrected chi connectivity index (χ3v) is 6.95. The van der Waals surface area contributed by atoms with Crippen molar-refractivity contribution in [3.8, 4) is 22.8 Å². The Balaban J connectivity index is 1.91. The van der Waals surface area contributed by atoms with Crippen molar-refractivity contribution in [1.82, 2.24) is 4.57 Å². The predicted molar refractivity (Wildman–Crippen MR) is 121 cm³/mol. The zero-order valence-electron chi connectivity index (χ0n) is 19.3. The smallest absolute Gasteiger partial charge is 0.341 e. The summed E-state index contributed by atoms with van der Waals surface area (Å²) in [5.41, 5.74) is 1.47. The molecule has 7 heteroatoms. The van der Waals surface area contributed by atoms with E-state index in [4.69, 9.17) is 9.47 Å². The van der Waals surface area contributed by atoms with Crippen LogP contribution >= 0.6 is 0 Å². The monoisotopic (exact) mass is 441 g/mol. The van der Waals surface area contributed by atoms with Crippen molar-refractivity contribution in [2.45, 2.75) is 52.5 Å². The number of nitrogens with zero attached hydrogens (tertiary/aromatic N) is 1. The molecule has 4 rings (SSSR count). The number of aromatic nitrogens is 1. The molecule has 0 bridgehead atoms. The molecule has 1 aromatic carbocycles. The van der Waals surface area contributed by atoms with Crippen molar-refractivity contribution < 1.29 is 24.5 Å². The van der Waals surface area contributed by atoms with Crippen LogP contribution in [0.4, 0.5) is 0 Å². The van der Waals surface area contributed by atoms with Gasteiger partial charge in [0.2, 0.25) is 0 Å². The van der Waals surface area contributed by atoms with E-state index >= 15 is 0 Å². The molecule has 1 saturated carbocycles. The summed E-state index contributed by atoms with van der Waals surface area (Å²) in [6.45, 7) is 8.56. The van der Waals surface area contributed by atoms with E-state index in [9.17, 15) is 19.8 Å². The number of pyridine rings is 1. The molecule has 0 radical (unpaired) electrons. The van der Waals surface area contributed by atoms with Gasteiger partial charge >= 0.3 is 5.97 Å². The van der Waals surface area contributed by atoms with Crippen LogP contribution < -0.4 is 14.9 Å². The molecule has 2 aromatic rings. The summed E-state index contributed by atoms with van der Waals surface area (Å²) in [6, 6.07) is 5.34. The fourth-order valence-corrected chi connectivity index (χ4v) is 5.13. The lowest BCUT2D eigenvalue weighted by Gasteiger charge is -2.40. The lowest BCUT2D eigenvalue weighted by atomic mass is 9.77. The van der Waals surface area contributed by atoms with Crippen LogP contribution in [0.5, 0.6) is 11.5 Å². The van der Waals surface area contributed by atoms with E-state index in [0.29, 0.717) is 23.8 Å². The second-order valence-electron chi connectivity index (χ2n) is 10.4. The predicted octanol–water partition coefficient (Wildman–Crippen LogP) is 4.08. The molecule has 0 spiro atoms. The lowest BCUT2D eigenvalue weighted by Crippen LogP contribution is -2.32. The molecule has 2 N–H and O–H groups in total. The SMILES string of the molecule is COc1cc2c(cc1OCC(C)(C)CO)[C@H]1CCC(C)(C)[C@H]1n1cc(C(=O)O)c(=O)cc1-2. The Labute approximate surface area is 187 Å². The van der Waals surface area contributed by atoms with E-state index in [-0.39, 0.29) is 29.5 Å². The first-order chi connectivity index (χ1) is 15.0. The summed E-state index contributed by atoms with van der Waals surface area (Å²) in [5.74, 6) is 0.0933. The van der Waals surface area contributed by atoms with Gasteiger partial charge in [0.15, 0.2) is 16.9 Å². The Hall–Kier alpha value is -2.80. The third kappa shape index (κ3) is 3.58. The minimum atomic E-state index is -1.21. The van der Waals surface area contributed by atoms with Gasteiger partial charge in [0.1, 0.15) is 5.56 Å². The highest BCUT2D eigenvalue weighted by Gasteiger charge is 2.47. The number of aromatic carboxylic acids is 1. The molecule has 32 heavy (non-hydrogen) atoms. The van der Waals surface area contributed by atoms with Crippen molar-refractivity contribution >= 4 is 5.97 Å². The molecule has 2 aliphatic rings. The number of carboxylic acids is 1. The summed E-state index contributed by atoms with van der Waals surface area (Å²) < 4.78 is 13.7. The summed E-state index contributed by atoms with van der Waals surface area (Å²) in [7, 11) is 1.57. The van der Waals surface area contributed by atoms with Gasteiger partial charge in [0.25, 0.3) is 0 Å².